The van der Waals surface area contributed by atoms with E-state index in [2.05, 4.69) is 0 Å². The molecule has 1 rings (SSSR count). The summed E-state index contributed by atoms with van der Waals surface area (Å²) in [5, 5.41) is 0. The topological polar surface area (TPSA) is 61.8 Å². The van der Waals surface area contributed by atoms with Crippen LogP contribution in [-0.2, 0) is 30.4 Å². The number of rotatable bonds is 6. The van der Waals surface area contributed by atoms with E-state index in [4.69, 9.17) is 14.2 Å². The first-order chi connectivity index (χ1) is 8.58. The molecule has 1 aromatic carbocycles. The van der Waals surface area contributed by atoms with Crippen LogP contribution in [0.2, 0.25) is 0 Å². The molecule has 1 atom stereocenters. The van der Waals surface area contributed by atoms with Gasteiger partial charge < -0.3 is 14.2 Å². The molecule has 0 bridgehead atoms. The maximum Gasteiger partial charge on any atom is 0.305 e. The molecule has 0 aliphatic rings. The quantitative estimate of drug-likeness (QED) is 0.569. The second-order valence-corrected chi connectivity index (χ2v) is 3.64. The molecular formula is C13H16O5. The zero-order valence-corrected chi connectivity index (χ0v) is 10.4. The number of esters is 2. The Morgan fingerprint density at radius 2 is 1.78 bits per heavy atom. The molecule has 0 saturated heterocycles. The summed E-state index contributed by atoms with van der Waals surface area (Å²) in [7, 11) is 0. The molecule has 5 nitrogen and oxygen atoms in total. The van der Waals surface area contributed by atoms with Crippen LogP contribution in [0.25, 0.3) is 0 Å². The molecule has 0 saturated carbocycles. The Morgan fingerprint density at radius 3 is 2.33 bits per heavy atom. The number of hydrogen-bond donors (Lipinski definition) is 0. The third-order valence-corrected chi connectivity index (χ3v) is 2.00. The molecule has 0 aromatic heterocycles. The summed E-state index contributed by atoms with van der Waals surface area (Å²) in [6, 6.07) is 9.43. The second kappa shape index (κ2) is 7.45. The maximum absolute atomic E-state index is 10.9. The molecule has 0 aliphatic carbocycles. The molecule has 0 spiro atoms. The van der Waals surface area contributed by atoms with E-state index < -0.39 is 18.2 Å². The van der Waals surface area contributed by atoms with E-state index in [9.17, 15) is 9.59 Å². The van der Waals surface area contributed by atoms with E-state index >= 15 is 0 Å². The molecule has 0 N–H and O–H groups in total. The lowest BCUT2D eigenvalue weighted by Gasteiger charge is -2.17. The minimum Gasteiger partial charge on any atom is -0.459 e. The van der Waals surface area contributed by atoms with Crippen molar-refractivity contribution in [2.75, 3.05) is 6.61 Å². The molecule has 98 valence electrons. The molecule has 0 radical (unpaired) electrons. The highest BCUT2D eigenvalue weighted by molar-refractivity contribution is 5.66. The first-order valence-electron chi connectivity index (χ1n) is 5.54. The van der Waals surface area contributed by atoms with E-state index in [1.807, 2.05) is 30.3 Å². The van der Waals surface area contributed by atoms with E-state index in [-0.39, 0.29) is 13.2 Å². The van der Waals surface area contributed by atoms with Gasteiger partial charge in [-0.05, 0) is 5.56 Å². The normalized spacial score (nSPS) is 11.7. The Hall–Kier alpha value is -1.88. The second-order valence-electron chi connectivity index (χ2n) is 3.64. The highest BCUT2D eigenvalue weighted by Gasteiger charge is 2.14. The third-order valence-electron chi connectivity index (χ3n) is 2.00. The van der Waals surface area contributed by atoms with Crippen molar-refractivity contribution in [3.63, 3.8) is 0 Å². The largest absolute Gasteiger partial charge is 0.459 e. The summed E-state index contributed by atoms with van der Waals surface area (Å²) < 4.78 is 15.0. The average molecular weight is 252 g/mol. The van der Waals surface area contributed by atoms with Crippen molar-refractivity contribution >= 4 is 11.9 Å². The van der Waals surface area contributed by atoms with Crippen LogP contribution in [0.5, 0.6) is 0 Å². The van der Waals surface area contributed by atoms with E-state index in [0.717, 1.165) is 5.56 Å². The van der Waals surface area contributed by atoms with Crippen LogP contribution in [0.3, 0.4) is 0 Å². The van der Waals surface area contributed by atoms with Gasteiger partial charge >= 0.3 is 11.9 Å². The van der Waals surface area contributed by atoms with Gasteiger partial charge in [-0.1, -0.05) is 30.3 Å². The monoisotopic (exact) mass is 252 g/mol. The summed E-state index contributed by atoms with van der Waals surface area (Å²) in [6.07, 6.45) is -0.883. The Kier molecular flexibility index (Phi) is 5.87. The van der Waals surface area contributed by atoms with Crippen LogP contribution in [-0.4, -0.2) is 24.8 Å². The first kappa shape index (κ1) is 14.2. The molecule has 5 heteroatoms. The van der Waals surface area contributed by atoms with Gasteiger partial charge in [-0.2, -0.15) is 0 Å². The highest BCUT2D eigenvalue weighted by atomic mass is 16.7. The zero-order valence-electron chi connectivity index (χ0n) is 10.4. The average Bonchev–Trinajstić information content (AvgIpc) is 2.33. The van der Waals surface area contributed by atoms with Gasteiger partial charge in [-0.25, -0.2) is 0 Å². The zero-order chi connectivity index (χ0) is 13.4. The van der Waals surface area contributed by atoms with Crippen LogP contribution in [0.1, 0.15) is 19.4 Å². The SMILES string of the molecule is CC(=O)OCC(OCc1ccccc1)OC(C)=O. The van der Waals surface area contributed by atoms with Crippen LogP contribution in [0.4, 0.5) is 0 Å². The number of benzene rings is 1. The minimum atomic E-state index is -0.883. The lowest BCUT2D eigenvalue weighted by molar-refractivity contribution is -0.194. The number of carbonyl (C=O) groups is 2. The standard InChI is InChI=1S/C13H16O5/c1-10(14)16-9-13(18-11(2)15)17-8-12-6-4-3-5-7-12/h3-7,13H,8-9H2,1-2H3. The van der Waals surface area contributed by atoms with Crippen molar-refractivity contribution in [3.05, 3.63) is 35.9 Å². The lowest BCUT2D eigenvalue weighted by atomic mass is 10.2. The smallest absolute Gasteiger partial charge is 0.305 e. The van der Waals surface area contributed by atoms with Gasteiger partial charge in [0.25, 0.3) is 0 Å². The van der Waals surface area contributed by atoms with Crippen molar-refractivity contribution in [2.45, 2.75) is 26.7 Å². The van der Waals surface area contributed by atoms with E-state index in [1.165, 1.54) is 13.8 Å². The van der Waals surface area contributed by atoms with Crippen molar-refractivity contribution < 1.29 is 23.8 Å². The third kappa shape index (κ3) is 6.00. The first-order valence-corrected chi connectivity index (χ1v) is 5.54. The van der Waals surface area contributed by atoms with Gasteiger partial charge in [0, 0.05) is 13.8 Å². The summed E-state index contributed by atoms with van der Waals surface area (Å²) >= 11 is 0. The predicted octanol–water partition coefficient (Wildman–Crippen LogP) is 1.66. The van der Waals surface area contributed by atoms with Gasteiger partial charge in [-0.3, -0.25) is 9.59 Å². The van der Waals surface area contributed by atoms with Gasteiger partial charge in [0.1, 0.15) is 0 Å². The summed E-state index contributed by atoms with van der Waals surface area (Å²) in [5.41, 5.74) is 0.942. The Morgan fingerprint density at radius 1 is 1.11 bits per heavy atom. The molecule has 0 amide bonds. The molecule has 0 fully saturated rings. The fourth-order valence-corrected chi connectivity index (χ4v) is 1.25. The van der Waals surface area contributed by atoms with Gasteiger partial charge in [-0.15, -0.1) is 0 Å². The van der Waals surface area contributed by atoms with E-state index in [1.54, 1.807) is 0 Å². The number of ether oxygens (including phenoxy) is 3. The van der Waals surface area contributed by atoms with Gasteiger partial charge in [0.15, 0.2) is 6.61 Å². The fourth-order valence-electron chi connectivity index (χ4n) is 1.25. The number of carbonyl (C=O) groups excluding carboxylic acids is 2. The summed E-state index contributed by atoms with van der Waals surface area (Å²) in [6.45, 7) is 2.72. The van der Waals surface area contributed by atoms with Crippen molar-refractivity contribution in [3.8, 4) is 0 Å². The summed E-state index contributed by atoms with van der Waals surface area (Å²) in [4.78, 5) is 21.6. The van der Waals surface area contributed by atoms with Crippen LogP contribution < -0.4 is 0 Å². The predicted molar refractivity (Wildman–Crippen MR) is 63.4 cm³/mol. The van der Waals surface area contributed by atoms with E-state index in [0.29, 0.717) is 0 Å². The summed E-state index contributed by atoms with van der Waals surface area (Å²) in [5.74, 6) is -0.935. The molecule has 1 aromatic rings. The Bertz CT molecular complexity index is 388. The van der Waals surface area contributed by atoms with Gasteiger partial charge in [0.05, 0.1) is 6.61 Å². The Balaban J connectivity index is 2.45. The highest BCUT2D eigenvalue weighted by Crippen LogP contribution is 2.05. The Labute approximate surface area is 106 Å². The van der Waals surface area contributed by atoms with Crippen molar-refractivity contribution in [1.82, 2.24) is 0 Å². The lowest BCUT2D eigenvalue weighted by Crippen LogP contribution is -2.26. The minimum absolute atomic E-state index is 0.109. The molecule has 1 unspecified atom stereocenters. The maximum atomic E-state index is 10.9. The molecular weight excluding hydrogens is 236 g/mol. The number of hydrogen-bond acceptors (Lipinski definition) is 5. The fraction of sp³-hybridized carbons (Fsp3) is 0.385. The van der Waals surface area contributed by atoms with Gasteiger partial charge in [0.2, 0.25) is 6.29 Å². The van der Waals surface area contributed by atoms with Crippen LogP contribution in [0.15, 0.2) is 30.3 Å². The van der Waals surface area contributed by atoms with Crippen molar-refractivity contribution in [2.24, 2.45) is 0 Å². The molecule has 18 heavy (non-hydrogen) atoms. The molecule has 0 aliphatic heterocycles. The van der Waals surface area contributed by atoms with Crippen LogP contribution >= 0.6 is 0 Å². The van der Waals surface area contributed by atoms with Crippen molar-refractivity contribution in [1.29, 1.82) is 0 Å². The molecule has 0 heterocycles. The van der Waals surface area contributed by atoms with Crippen LogP contribution in [0, 0.1) is 0 Å².